The molecule has 148 valence electrons. The van der Waals surface area contributed by atoms with Crippen LogP contribution in [0.4, 0.5) is 0 Å². The Labute approximate surface area is 167 Å². The van der Waals surface area contributed by atoms with E-state index >= 15 is 0 Å². The summed E-state index contributed by atoms with van der Waals surface area (Å²) in [6.07, 6.45) is 0.985. The van der Waals surface area contributed by atoms with Crippen molar-refractivity contribution in [3.05, 3.63) is 47.7 Å². The number of ether oxygens (including phenoxy) is 1. The number of imide groups is 1. The molecule has 1 saturated heterocycles. The van der Waals surface area contributed by atoms with Gasteiger partial charge in [0.05, 0.1) is 22.3 Å². The number of nitrogens with zero attached hydrogens (tertiary/aromatic N) is 4. The number of hydrogen-bond acceptors (Lipinski definition) is 6. The summed E-state index contributed by atoms with van der Waals surface area (Å²) in [6, 6.07) is 11.1. The van der Waals surface area contributed by atoms with Crippen LogP contribution in [0.15, 0.2) is 36.4 Å². The van der Waals surface area contributed by atoms with Crippen LogP contribution in [0.2, 0.25) is 0 Å². The smallest absolute Gasteiger partial charge is 0.339 e. The van der Waals surface area contributed by atoms with E-state index in [-0.39, 0.29) is 5.91 Å². The van der Waals surface area contributed by atoms with E-state index in [1.54, 1.807) is 24.7 Å². The molecule has 0 aliphatic carbocycles. The van der Waals surface area contributed by atoms with Crippen LogP contribution in [0, 0.1) is 6.92 Å². The number of benzene rings is 1. The molecule has 0 bridgehead atoms. The molecule has 1 fully saturated rings. The molecule has 29 heavy (non-hydrogen) atoms. The van der Waals surface area contributed by atoms with Crippen LogP contribution in [-0.4, -0.2) is 50.6 Å². The van der Waals surface area contributed by atoms with E-state index < -0.39 is 18.5 Å². The summed E-state index contributed by atoms with van der Waals surface area (Å²) in [4.78, 5) is 42.6. The lowest BCUT2D eigenvalue weighted by Crippen LogP contribution is -2.35. The zero-order chi connectivity index (χ0) is 20.5. The molecule has 1 aromatic carbocycles. The van der Waals surface area contributed by atoms with Gasteiger partial charge in [-0.2, -0.15) is 5.10 Å². The fraction of sp³-hybridized carbons (Fsp3) is 0.286. The fourth-order valence-electron chi connectivity index (χ4n) is 3.56. The fourth-order valence-corrected chi connectivity index (χ4v) is 3.56. The molecular weight excluding hydrogens is 372 g/mol. The minimum absolute atomic E-state index is 0.230. The summed E-state index contributed by atoms with van der Waals surface area (Å²) in [7, 11) is 1.76. The van der Waals surface area contributed by atoms with Crippen LogP contribution in [0.5, 0.6) is 0 Å². The Hall–Kier alpha value is -3.55. The molecule has 3 aromatic rings. The highest BCUT2D eigenvalue weighted by Crippen LogP contribution is 2.27. The lowest BCUT2D eigenvalue weighted by atomic mass is 10.1. The molecule has 3 heterocycles. The molecule has 2 aromatic heterocycles. The van der Waals surface area contributed by atoms with Gasteiger partial charge in [-0.05, 0) is 19.4 Å². The molecule has 8 heteroatoms. The van der Waals surface area contributed by atoms with Gasteiger partial charge in [0.1, 0.15) is 0 Å². The van der Waals surface area contributed by atoms with Crippen molar-refractivity contribution in [3.8, 4) is 11.3 Å². The van der Waals surface area contributed by atoms with Crippen LogP contribution in [0.3, 0.4) is 0 Å². The average Bonchev–Trinajstić information content (AvgIpc) is 3.28. The second-order valence-electron chi connectivity index (χ2n) is 6.95. The third kappa shape index (κ3) is 3.49. The van der Waals surface area contributed by atoms with Gasteiger partial charge >= 0.3 is 5.97 Å². The second-order valence-corrected chi connectivity index (χ2v) is 6.95. The normalized spacial score (nSPS) is 13.9. The molecule has 2 amide bonds. The molecule has 0 saturated carbocycles. The number of pyridine rings is 1. The predicted octanol–water partition coefficient (Wildman–Crippen LogP) is 2.25. The zero-order valence-electron chi connectivity index (χ0n) is 16.2. The summed E-state index contributed by atoms with van der Waals surface area (Å²) in [5.74, 6) is -1.38. The Balaban J connectivity index is 1.67. The Morgan fingerprint density at radius 2 is 1.97 bits per heavy atom. The molecule has 0 spiro atoms. The van der Waals surface area contributed by atoms with E-state index in [0.717, 1.165) is 10.5 Å². The highest BCUT2D eigenvalue weighted by atomic mass is 16.5. The number of aromatic nitrogens is 3. The number of carbonyl (C=O) groups is 3. The molecule has 1 aliphatic heterocycles. The summed E-state index contributed by atoms with van der Waals surface area (Å²) in [5.41, 5.74) is 2.94. The van der Waals surface area contributed by atoms with Crippen molar-refractivity contribution in [2.75, 3.05) is 13.2 Å². The van der Waals surface area contributed by atoms with Crippen LogP contribution < -0.4 is 0 Å². The number of rotatable bonds is 4. The number of likely N-dealkylation sites (tertiary alicyclic amines) is 1. The number of amides is 2. The largest absolute Gasteiger partial charge is 0.452 e. The Morgan fingerprint density at radius 1 is 1.21 bits per heavy atom. The highest BCUT2D eigenvalue weighted by molar-refractivity contribution is 6.06. The molecule has 0 N–H and O–H groups in total. The van der Waals surface area contributed by atoms with E-state index in [1.807, 2.05) is 30.3 Å². The minimum atomic E-state index is -0.648. The number of hydrogen-bond donors (Lipinski definition) is 0. The molecule has 4 rings (SSSR count). The van der Waals surface area contributed by atoms with Crippen molar-refractivity contribution in [3.63, 3.8) is 0 Å². The predicted molar refractivity (Wildman–Crippen MR) is 105 cm³/mol. The Kier molecular flexibility index (Phi) is 4.84. The van der Waals surface area contributed by atoms with Gasteiger partial charge in [-0.3, -0.25) is 19.2 Å². The van der Waals surface area contributed by atoms with Crippen LogP contribution >= 0.6 is 0 Å². The third-order valence-electron chi connectivity index (χ3n) is 4.96. The second kappa shape index (κ2) is 7.46. The average molecular weight is 392 g/mol. The summed E-state index contributed by atoms with van der Waals surface area (Å²) >= 11 is 0. The van der Waals surface area contributed by atoms with Crippen molar-refractivity contribution in [2.24, 2.45) is 7.05 Å². The highest BCUT2D eigenvalue weighted by Gasteiger charge is 2.28. The first-order chi connectivity index (χ1) is 14.0. The van der Waals surface area contributed by atoms with Crippen LogP contribution in [0.25, 0.3) is 22.3 Å². The standard InChI is InChI=1S/C21H20N4O4/c1-13-19-15(21(28)29-12-18(27)25-10-6-9-17(25)26)11-16(14-7-4-3-5-8-14)22-20(19)24(2)23-13/h3-5,7-8,11H,6,9-10,12H2,1-2H3. The Morgan fingerprint density at radius 3 is 2.66 bits per heavy atom. The minimum Gasteiger partial charge on any atom is -0.452 e. The molecule has 8 nitrogen and oxygen atoms in total. The van der Waals surface area contributed by atoms with Crippen molar-refractivity contribution < 1.29 is 19.1 Å². The molecule has 0 unspecified atom stereocenters. The van der Waals surface area contributed by atoms with E-state index in [9.17, 15) is 14.4 Å². The van der Waals surface area contributed by atoms with Crippen molar-refractivity contribution in [2.45, 2.75) is 19.8 Å². The number of aryl methyl sites for hydroxylation is 2. The Bertz CT molecular complexity index is 1120. The lowest BCUT2D eigenvalue weighted by Gasteiger charge is -2.14. The molecule has 0 radical (unpaired) electrons. The van der Waals surface area contributed by atoms with E-state index in [2.05, 4.69) is 10.1 Å². The van der Waals surface area contributed by atoms with Gasteiger partial charge in [0, 0.05) is 25.6 Å². The number of esters is 1. The van der Waals surface area contributed by atoms with Crippen LogP contribution in [0.1, 0.15) is 28.9 Å². The van der Waals surface area contributed by atoms with E-state index in [1.165, 1.54) is 0 Å². The van der Waals surface area contributed by atoms with Gasteiger partial charge in [-0.25, -0.2) is 9.78 Å². The van der Waals surface area contributed by atoms with Crippen molar-refractivity contribution in [1.29, 1.82) is 0 Å². The van der Waals surface area contributed by atoms with Gasteiger partial charge in [-0.1, -0.05) is 30.3 Å². The van der Waals surface area contributed by atoms with Gasteiger partial charge in [0.15, 0.2) is 12.3 Å². The van der Waals surface area contributed by atoms with Crippen LogP contribution in [-0.2, 0) is 21.4 Å². The number of fused-ring (bicyclic) bond motifs is 1. The van der Waals surface area contributed by atoms with Gasteiger partial charge in [-0.15, -0.1) is 0 Å². The molecule has 0 atom stereocenters. The maximum Gasteiger partial charge on any atom is 0.339 e. The first kappa shape index (κ1) is 18.8. The first-order valence-electron chi connectivity index (χ1n) is 9.36. The quantitative estimate of drug-likeness (QED) is 0.632. The zero-order valence-corrected chi connectivity index (χ0v) is 16.2. The number of carbonyl (C=O) groups excluding carboxylic acids is 3. The summed E-state index contributed by atoms with van der Waals surface area (Å²) in [6.45, 7) is 1.68. The van der Waals surface area contributed by atoms with Gasteiger partial charge in [0.25, 0.3) is 5.91 Å². The topological polar surface area (TPSA) is 94.4 Å². The maximum absolute atomic E-state index is 12.9. The summed E-state index contributed by atoms with van der Waals surface area (Å²) < 4.78 is 6.88. The van der Waals surface area contributed by atoms with Crippen molar-refractivity contribution >= 4 is 28.8 Å². The van der Waals surface area contributed by atoms with Gasteiger partial charge in [0.2, 0.25) is 5.91 Å². The third-order valence-corrected chi connectivity index (χ3v) is 4.96. The first-order valence-corrected chi connectivity index (χ1v) is 9.36. The lowest BCUT2D eigenvalue weighted by molar-refractivity contribution is -0.143. The van der Waals surface area contributed by atoms with Crippen molar-refractivity contribution in [1.82, 2.24) is 19.7 Å². The molecule has 1 aliphatic rings. The molecular formula is C21H20N4O4. The van der Waals surface area contributed by atoms with E-state index in [4.69, 9.17) is 4.74 Å². The summed E-state index contributed by atoms with van der Waals surface area (Å²) in [5, 5.41) is 4.95. The monoisotopic (exact) mass is 392 g/mol. The maximum atomic E-state index is 12.9. The SMILES string of the molecule is Cc1nn(C)c2nc(-c3ccccc3)cc(C(=O)OCC(=O)N3CCCC3=O)c12. The van der Waals surface area contributed by atoms with Gasteiger partial charge < -0.3 is 4.74 Å². The van der Waals surface area contributed by atoms with E-state index in [0.29, 0.717) is 47.4 Å².